The summed E-state index contributed by atoms with van der Waals surface area (Å²) in [6.45, 7) is 0. The van der Waals surface area contributed by atoms with E-state index < -0.39 is 30.0 Å². The van der Waals surface area contributed by atoms with Gasteiger partial charge in [-0.1, -0.05) is 6.07 Å². The summed E-state index contributed by atoms with van der Waals surface area (Å²) in [5, 5.41) is 10.9. The number of benzene rings is 1. The van der Waals surface area contributed by atoms with Crippen LogP contribution in [0.1, 0.15) is 0 Å². The molecule has 17 heavy (non-hydrogen) atoms. The molecule has 3 nitrogen and oxygen atoms in total. The van der Waals surface area contributed by atoms with Crippen molar-refractivity contribution < 1.29 is 40.9 Å². The van der Waals surface area contributed by atoms with Gasteiger partial charge in [-0.3, -0.25) is 5.11 Å². The zero-order valence-electron chi connectivity index (χ0n) is 7.72. The van der Waals surface area contributed by atoms with Crippen LogP contribution >= 0.6 is 0 Å². The smallest absolute Gasteiger partial charge is 0.402 e. The highest BCUT2D eigenvalue weighted by atomic mass is 19.4. The predicted molar refractivity (Wildman–Crippen MR) is 39.9 cm³/mol. The first-order valence-electron chi connectivity index (χ1n) is 3.90. The Balaban J connectivity index is 3.09. The Hall–Kier alpha value is -1.80. The van der Waals surface area contributed by atoms with Crippen molar-refractivity contribution >= 4 is 0 Å². The minimum Gasteiger partial charge on any atom is -0.402 e. The molecule has 0 atom stereocenters. The molecular formula is C8H3F6O3. The quantitative estimate of drug-likeness (QED) is 0.762. The average molecular weight is 261 g/mol. The van der Waals surface area contributed by atoms with Crippen molar-refractivity contribution in [2.45, 2.75) is 12.7 Å². The normalized spacial score (nSPS) is 12.4. The summed E-state index contributed by atoms with van der Waals surface area (Å²) in [7, 11) is 0. The molecule has 0 aliphatic rings. The molecule has 0 N–H and O–H groups in total. The highest BCUT2D eigenvalue weighted by Gasteiger charge is 2.38. The van der Waals surface area contributed by atoms with Gasteiger partial charge in [0, 0.05) is 0 Å². The van der Waals surface area contributed by atoms with Gasteiger partial charge in [0.25, 0.3) is 0 Å². The molecule has 0 unspecified atom stereocenters. The first kappa shape index (κ1) is 13.3. The fourth-order valence-corrected chi connectivity index (χ4v) is 0.917. The Kier molecular flexibility index (Phi) is 3.30. The van der Waals surface area contributed by atoms with Gasteiger partial charge in [0.1, 0.15) is 0 Å². The highest BCUT2D eigenvalue weighted by Crippen LogP contribution is 2.41. The van der Waals surface area contributed by atoms with Crippen molar-refractivity contribution in [1.29, 1.82) is 0 Å². The number of ether oxygens (including phenoxy) is 2. The second kappa shape index (κ2) is 4.22. The standard InChI is InChI=1S/C8H3F6O3/c9-7(10,11)16-5-3-1-2-4(15)6(5)17-8(12,13)14/h1-3H. The lowest BCUT2D eigenvalue weighted by molar-refractivity contribution is -0.287. The van der Waals surface area contributed by atoms with Gasteiger partial charge in [0.15, 0.2) is 5.75 Å². The first-order chi connectivity index (χ1) is 7.58. The molecule has 1 radical (unpaired) electrons. The van der Waals surface area contributed by atoms with Gasteiger partial charge in [-0.05, 0) is 12.1 Å². The predicted octanol–water partition coefficient (Wildman–Crippen LogP) is 3.63. The van der Waals surface area contributed by atoms with Crippen molar-refractivity contribution in [3.8, 4) is 17.2 Å². The van der Waals surface area contributed by atoms with E-state index in [4.69, 9.17) is 0 Å². The van der Waals surface area contributed by atoms with Gasteiger partial charge < -0.3 is 9.47 Å². The summed E-state index contributed by atoms with van der Waals surface area (Å²) in [6, 6.07) is 1.97. The van der Waals surface area contributed by atoms with Crippen molar-refractivity contribution in [3.63, 3.8) is 0 Å². The third-order valence-corrected chi connectivity index (χ3v) is 1.39. The number of rotatable bonds is 2. The highest BCUT2D eigenvalue weighted by molar-refractivity contribution is 5.50. The van der Waals surface area contributed by atoms with Crippen LogP contribution in [0.2, 0.25) is 0 Å². The van der Waals surface area contributed by atoms with E-state index in [1.807, 2.05) is 0 Å². The fraction of sp³-hybridized carbons (Fsp3) is 0.250. The van der Waals surface area contributed by atoms with Gasteiger partial charge >= 0.3 is 12.7 Å². The number of halogens is 6. The van der Waals surface area contributed by atoms with Crippen LogP contribution in [0.5, 0.6) is 17.2 Å². The van der Waals surface area contributed by atoms with Gasteiger partial charge in [-0.25, -0.2) is 0 Å². The zero-order chi connectivity index (χ0) is 13.3. The van der Waals surface area contributed by atoms with E-state index in [0.717, 1.165) is 6.07 Å². The Bertz CT molecular complexity index is 397. The maximum absolute atomic E-state index is 11.8. The van der Waals surface area contributed by atoms with Crippen LogP contribution in [0.4, 0.5) is 26.3 Å². The number of hydrogen-bond donors (Lipinski definition) is 0. The maximum Gasteiger partial charge on any atom is 0.573 e. The molecular weight excluding hydrogens is 258 g/mol. The summed E-state index contributed by atoms with van der Waals surface area (Å²) >= 11 is 0. The Morgan fingerprint density at radius 1 is 0.882 bits per heavy atom. The minimum absolute atomic E-state index is 0.538. The second-order valence-electron chi connectivity index (χ2n) is 2.68. The van der Waals surface area contributed by atoms with Gasteiger partial charge in [0.2, 0.25) is 11.5 Å². The van der Waals surface area contributed by atoms with E-state index in [0.29, 0.717) is 12.1 Å². The molecule has 0 heterocycles. The molecule has 0 amide bonds. The van der Waals surface area contributed by atoms with Crippen LogP contribution in [0, 0.1) is 0 Å². The molecule has 0 aliphatic carbocycles. The second-order valence-corrected chi connectivity index (χ2v) is 2.68. The molecule has 95 valence electrons. The molecule has 0 aliphatic heterocycles. The van der Waals surface area contributed by atoms with Gasteiger partial charge in [-0.2, -0.15) is 0 Å². The van der Waals surface area contributed by atoms with Crippen LogP contribution < -0.4 is 9.47 Å². The van der Waals surface area contributed by atoms with Crippen molar-refractivity contribution in [2.75, 3.05) is 0 Å². The molecule has 0 saturated heterocycles. The van der Waals surface area contributed by atoms with Crippen LogP contribution in [0.15, 0.2) is 18.2 Å². The molecule has 0 aromatic heterocycles. The third kappa shape index (κ3) is 4.29. The number of hydrogen-bond acceptors (Lipinski definition) is 2. The molecule has 0 bridgehead atoms. The molecule has 1 aromatic carbocycles. The summed E-state index contributed by atoms with van der Waals surface area (Å²) in [5.74, 6) is -4.27. The molecule has 1 aromatic rings. The zero-order valence-corrected chi connectivity index (χ0v) is 7.72. The fourth-order valence-electron chi connectivity index (χ4n) is 0.917. The monoisotopic (exact) mass is 261 g/mol. The average Bonchev–Trinajstić information content (AvgIpc) is 2.07. The van der Waals surface area contributed by atoms with E-state index >= 15 is 0 Å². The topological polar surface area (TPSA) is 38.4 Å². The Morgan fingerprint density at radius 3 is 1.88 bits per heavy atom. The van der Waals surface area contributed by atoms with E-state index in [1.165, 1.54) is 0 Å². The van der Waals surface area contributed by atoms with Crippen LogP contribution in [-0.4, -0.2) is 12.7 Å². The lowest BCUT2D eigenvalue weighted by atomic mass is 10.3. The molecule has 0 spiro atoms. The molecule has 0 fully saturated rings. The van der Waals surface area contributed by atoms with Gasteiger partial charge in [0.05, 0.1) is 0 Å². The lowest BCUT2D eigenvalue weighted by Crippen LogP contribution is -2.21. The van der Waals surface area contributed by atoms with E-state index in [1.54, 1.807) is 0 Å². The SMILES string of the molecule is [O]c1cccc(OC(F)(F)F)c1OC(F)(F)F. The summed E-state index contributed by atoms with van der Waals surface area (Å²) in [6.07, 6.45) is -10.5. The minimum atomic E-state index is -5.29. The Morgan fingerprint density at radius 2 is 1.41 bits per heavy atom. The van der Waals surface area contributed by atoms with Gasteiger partial charge in [-0.15, -0.1) is 26.3 Å². The summed E-state index contributed by atoms with van der Waals surface area (Å²) < 4.78 is 77.4. The van der Waals surface area contributed by atoms with Crippen LogP contribution in [-0.2, 0) is 5.11 Å². The maximum atomic E-state index is 11.8. The summed E-state index contributed by atoms with van der Waals surface area (Å²) in [5.41, 5.74) is 0. The molecule has 9 heteroatoms. The van der Waals surface area contributed by atoms with Crippen molar-refractivity contribution in [3.05, 3.63) is 18.2 Å². The third-order valence-electron chi connectivity index (χ3n) is 1.39. The van der Waals surface area contributed by atoms with Crippen molar-refractivity contribution in [1.82, 2.24) is 0 Å². The number of para-hydroxylation sites is 1. The lowest BCUT2D eigenvalue weighted by Gasteiger charge is -2.15. The van der Waals surface area contributed by atoms with E-state index in [9.17, 15) is 31.4 Å². The Labute approximate surface area is 90.2 Å². The first-order valence-corrected chi connectivity index (χ1v) is 3.90. The van der Waals surface area contributed by atoms with Crippen molar-refractivity contribution in [2.24, 2.45) is 0 Å². The number of alkyl halides is 6. The van der Waals surface area contributed by atoms with E-state index in [2.05, 4.69) is 9.47 Å². The van der Waals surface area contributed by atoms with Crippen LogP contribution in [0.25, 0.3) is 0 Å². The molecule has 1 rings (SSSR count). The largest absolute Gasteiger partial charge is 0.573 e. The van der Waals surface area contributed by atoms with Crippen LogP contribution in [0.3, 0.4) is 0 Å². The molecule has 0 saturated carbocycles. The summed E-state index contributed by atoms with van der Waals surface area (Å²) in [4.78, 5) is 0. The van der Waals surface area contributed by atoms with E-state index in [-0.39, 0.29) is 0 Å².